The van der Waals surface area contributed by atoms with Crippen LogP contribution in [-0.4, -0.2) is 65.3 Å². The third-order valence-electron chi connectivity index (χ3n) is 6.42. The Morgan fingerprint density at radius 2 is 1.73 bits per heavy atom. The number of likely N-dealkylation sites (N-methyl/N-ethyl adjacent to an activating group) is 1. The maximum atomic E-state index is 13.5. The van der Waals surface area contributed by atoms with E-state index in [1.165, 1.54) is 4.90 Å². The number of nitrogens with zero attached hydrogens (tertiary/aromatic N) is 4. The minimum absolute atomic E-state index is 0.102. The van der Waals surface area contributed by atoms with Crippen molar-refractivity contribution in [2.75, 3.05) is 25.0 Å². The summed E-state index contributed by atoms with van der Waals surface area (Å²) in [5, 5.41) is 3.56. The van der Waals surface area contributed by atoms with Crippen molar-refractivity contribution in [3.63, 3.8) is 0 Å². The van der Waals surface area contributed by atoms with Gasteiger partial charge in [0.2, 0.25) is 0 Å². The van der Waals surface area contributed by atoms with Crippen LogP contribution in [0.25, 0.3) is 0 Å². The highest BCUT2D eigenvalue weighted by Crippen LogP contribution is 2.33. The number of anilines is 1. The molecule has 3 amide bonds. The zero-order valence-electron chi connectivity index (χ0n) is 17.4. The molecule has 7 heteroatoms. The number of hydrogen-bond acceptors (Lipinski definition) is 5. The van der Waals surface area contributed by atoms with Crippen molar-refractivity contribution in [2.24, 2.45) is 0 Å². The largest absolute Gasteiger partial charge is 0.343 e. The number of urea groups is 1. The predicted octanol–water partition coefficient (Wildman–Crippen LogP) is 2.18. The Labute approximate surface area is 176 Å². The van der Waals surface area contributed by atoms with Gasteiger partial charge in [0.05, 0.1) is 6.54 Å². The molecule has 2 aromatic carbocycles. The Morgan fingerprint density at radius 1 is 1.00 bits per heavy atom. The van der Waals surface area contributed by atoms with Gasteiger partial charge in [-0.2, -0.15) is 0 Å². The molecule has 0 spiro atoms. The van der Waals surface area contributed by atoms with Crippen molar-refractivity contribution in [1.29, 1.82) is 0 Å². The summed E-state index contributed by atoms with van der Waals surface area (Å²) < 4.78 is 0. The maximum Gasteiger partial charge on any atom is 0.328 e. The van der Waals surface area contributed by atoms with Crippen molar-refractivity contribution in [3.8, 4) is 0 Å². The second-order valence-electron chi connectivity index (χ2n) is 8.35. The molecule has 0 bridgehead atoms. The normalized spacial score (nSPS) is 26.7. The number of aryl methyl sites for hydroxylation is 1. The van der Waals surface area contributed by atoms with E-state index in [0.29, 0.717) is 6.54 Å². The van der Waals surface area contributed by atoms with Gasteiger partial charge < -0.3 is 9.80 Å². The second-order valence-corrected chi connectivity index (χ2v) is 8.35. The topological polar surface area (TPSA) is 59.1 Å². The Balaban J connectivity index is 1.43. The maximum absolute atomic E-state index is 13.5. The van der Waals surface area contributed by atoms with Gasteiger partial charge in [-0.1, -0.05) is 48.0 Å². The molecule has 3 aliphatic rings. The molecule has 0 saturated carbocycles. The number of hydrogen-bond donors (Lipinski definition) is 1. The van der Waals surface area contributed by atoms with Crippen LogP contribution in [0.3, 0.4) is 0 Å². The van der Waals surface area contributed by atoms with Crippen molar-refractivity contribution in [2.45, 2.75) is 38.4 Å². The van der Waals surface area contributed by atoms with Gasteiger partial charge in [0, 0.05) is 25.8 Å². The molecule has 0 aliphatic carbocycles. The molecule has 156 valence electrons. The van der Waals surface area contributed by atoms with E-state index < -0.39 is 0 Å². The fraction of sp³-hybridized carbons (Fsp3) is 0.391. The summed E-state index contributed by atoms with van der Waals surface area (Å²) in [6.07, 6.45) is 0.544. The monoisotopic (exact) mass is 405 g/mol. The minimum Gasteiger partial charge on any atom is -0.343 e. The Hall–Kier alpha value is -2.90. The van der Waals surface area contributed by atoms with Gasteiger partial charge in [0.15, 0.2) is 0 Å². The Kier molecular flexibility index (Phi) is 4.72. The van der Waals surface area contributed by atoms with Gasteiger partial charge in [-0.05, 0) is 31.0 Å². The zero-order valence-corrected chi connectivity index (χ0v) is 17.4. The summed E-state index contributed by atoms with van der Waals surface area (Å²) in [6.45, 7) is 4.07. The lowest BCUT2D eigenvalue weighted by molar-refractivity contribution is -0.139. The third kappa shape index (κ3) is 3.05. The van der Waals surface area contributed by atoms with Crippen molar-refractivity contribution in [3.05, 3.63) is 65.7 Å². The number of imide groups is 1. The summed E-state index contributed by atoms with van der Waals surface area (Å²) in [7, 11) is 1.78. The molecule has 3 heterocycles. The van der Waals surface area contributed by atoms with Crippen LogP contribution >= 0.6 is 0 Å². The second kappa shape index (κ2) is 7.41. The Bertz CT molecular complexity index is 948. The van der Waals surface area contributed by atoms with Crippen LogP contribution in [0.5, 0.6) is 0 Å². The minimum atomic E-state index is -0.380. The van der Waals surface area contributed by atoms with E-state index in [4.69, 9.17) is 0 Å². The predicted molar refractivity (Wildman–Crippen MR) is 114 cm³/mol. The average molecular weight is 406 g/mol. The molecule has 3 aliphatic heterocycles. The first-order valence-corrected chi connectivity index (χ1v) is 10.5. The van der Waals surface area contributed by atoms with Gasteiger partial charge in [-0.15, -0.1) is 0 Å². The van der Waals surface area contributed by atoms with Gasteiger partial charge in [0.25, 0.3) is 5.91 Å². The van der Waals surface area contributed by atoms with Crippen LogP contribution < -0.4 is 10.2 Å². The van der Waals surface area contributed by atoms with Crippen LogP contribution in [0, 0.1) is 6.92 Å². The molecule has 5 rings (SSSR count). The molecular weight excluding hydrogens is 378 g/mol. The van der Waals surface area contributed by atoms with Gasteiger partial charge in [-0.3, -0.25) is 19.9 Å². The highest BCUT2D eigenvalue weighted by atomic mass is 16.2. The first kappa shape index (κ1) is 19.1. The molecule has 2 aromatic rings. The van der Waals surface area contributed by atoms with E-state index in [2.05, 4.69) is 27.2 Å². The number of fused-ring (bicyclic) bond motifs is 3. The number of carbonyl (C=O) groups is 2. The van der Waals surface area contributed by atoms with Crippen LogP contribution in [-0.2, 0) is 11.3 Å². The van der Waals surface area contributed by atoms with Crippen LogP contribution in [0.1, 0.15) is 17.5 Å². The van der Waals surface area contributed by atoms with Crippen LogP contribution in [0.4, 0.5) is 10.5 Å². The lowest BCUT2D eigenvalue weighted by Gasteiger charge is -2.43. The number of rotatable bonds is 3. The summed E-state index contributed by atoms with van der Waals surface area (Å²) in [5.41, 5.74) is 3.24. The summed E-state index contributed by atoms with van der Waals surface area (Å²) in [6, 6.07) is 17.6. The number of nitrogens with one attached hydrogen (secondary N) is 1. The molecule has 30 heavy (non-hydrogen) atoms. The summed E-state index contributed by atoms with van der Waals surface area (Å²) >= 11 is 0. The first-order valence-electron chi connectivity index (χ1n) is 10.5. The van der Waals surface area contributed by atoms with Crippen LogP contribution in [0.2, 0.25) is 0 Å². The van der Waals surface area contributed by atoms with E-state index in [-0.39, 0.29) is 30.4 Å². The van der Waals surface area contributed by atoms with E-state index >= 15 is 0 Å². The summed E-state index contributed by atoms with van der Waals surface area (Å²) in [5.74, 6) is -0.117. The van der Waals surface area contributed by atoms with Gasteiger partial charge in [-0.25, -0.2) is 4.79 Å². The van der Waals surface area contributed by atoms with Crippen LogP contribution in [0.15, 0.2) is 54.6 Å². The molecule has 7 nitrogen and oxygen atoms in total. The van der Waals surface area contributed by atoms with Gasteiger partial charge >= 0.3 is 6.03 Å². The molecule has 3 fully saturated rings. The SMILES string of the molecule is Cc1ccc(CN2C(=O)C3C(NC4N(c5ccccc5)CCCN34)N(C)C2=O)cc1. The highest BCUT2D eigenvalue weighted by Gasteiger charge is 2.56. The average Bonchev–Trinajstić information content (AvgIpc) is 3.17. The molecule has 0 radical (unpaired) electrons. The quantitative estimate of drug-likeness (QED) is 0.848. The molecular formula is C23H27N5O2. The van der Waals surface area contributed by atoms with E-state index in [1.54, 1.807) is 11.9 Å². The first-order chi connectivity index (χ1) is 14.5. The molecule has 3 unspecified atom stereocenters. The lowest BCUT2D eigenvalue weighted by Crippen LogP contribution is -2.66. The molecule has 0 aromatic heterocycles. The zero-order chi connectivity index (χ0) is 20.8. The fourth-order valence-corrected chi connectivity index (χ4v) is 4.82. The number of para-hydroxylation sites is 1. The standard InChI is InChI=1S/C23H27N5O2/c1-16-9-11-17(12-10-16)15-28-21(29)19-20(25(2)23(28)30)24-22-26(13-6-14-27(19)22)18-7-4-3-5-8-18/h3-5,7-12,19-20,22,24H,6,13-15H2,1-2H3. The highest BCUT2D eigenvalue weighted by molar-refractivity contribution is 6.00. The summed E-state index contributed by atoms with van der Waals surface area (Å²) in [4.78, 5) is 34.2. The van der Waals surface area contributed by atoms with E-state index in [1.807, 2.05) is 49.4 Å². The molecule has 1 N–H and O–H groups in total. The fourth-order valence-electron chi connectivity index (χ4n) is 4.82. The van der Waals surface area contributed by atoms with Crippen molar-refractivity contribution < 1.29 is 9.59 Å². The molecule has 3 saturated heterocycles. The van der Waals surface area contributed by atoms with E-state index in [9.17, 15) is 9.59 Å². The molecule has 3 atom stereocenters. The smallest absolute Gasteiger partial charge is 0.328 e. The van der Waals surface area contributed by atoms with Crippen molar-refractivity contribution in [1.82, 2.24) is 20.0 Å². The number of carbonyl (C=O) groups excluding carboxylic acids is 2. The number of amides is 3. The van der Waals surface area contributed by atoms with E-state index in [0.717, 1.165) is 36.3 Å². The third-order valence-corrected chi connectivity index (χ3v) is 6.42. The lowest BCUT2D eigenvalue weighted by atomic mass is 10.1. The Morgan fingerprint density at radius 3 is 2.47 bits per heavy atom. The van der Waals surface area contributed by atoms with Gasteiger partial charge in [0.1, 0.15) is 18.5 Å². The number of benzene rings is 2. The van der Waals surface area contributed by atoms with Crippen molar-refractivity contribution >= 4 is 17.6 Å².